The molecule has 4 heteroatoms. The SMILES string of the molecule is CC(C)CCN(C)C(c1ccc(Br)s1)C(C)N. The van der Waals surface area contributed by atoms with Gasteiger partial charge in [-0.1, -0.05) is 13.8 Å². The van der Waals surface area contributed by atoms with Crippen molar-refractivity contribution in [1.82, 2.24) is 4.90 Å². The summed E-state index contributed by atoms with van der Waals surface area (Å²) in [6.45, 7) is 7.70. The van der Waals surface area contributed by atoms with E-state index in [1.165, 1.54) is 15.1 Å². The smallest absolute Gasteiger partial charge is 0.0702 e. The normalized spacial score (nSPS) is 15.5. The van der Waals surface area contributed by atoms with Crippen LogP contribution in [-0.4, -0.2) is 24.5 Å². The summed E-state index contributed by atoms with van der Waals surface area (Å²) in [6, 6.07) is 4.75. The van der Waals surface area contributed by atoms with Crippen LogP contribution in [-0.2, 0) is 0 Å². The van der Waals surface area contributed by atoms with Crippen LogP contribution in [0.2, 0.25) is 0 Å². The minimum Gasteiger partial charge on any atom is -0.326 e. The van der Waals surface area contributed by atoms with Crippen molar-refractivity contribution >= 4 is 27.3 Å². The summed E-state index contributed by atoms with van der Waals surface area (Å²) >= 11 is 5.30. The Morgan fingerprint density at radius 2 is 2.00 bits per heavy atom. The van der Waals surface area contributed by atoms with Crippen molar-refractivity contribution in [2.45, 2.75) is 39.3 Å². The lowest BCUT2D eigenvalue weighted by Crippen LogP contribution is -2.37. The van der Waals surface area contributed by atoms with Gasteiger partial charge in [0.25, 0.3) is 0 Å². The number of hydrogen-bond acceptors (Lipinski definition) is 3. The van der Waals surface area contributed by atoms with Crippen molar-refractivity contribution in [2.75, 3.05) is 13.6 Å². The van der Waals surface area contributed by atoms with Gasteiger partial charge in [0.15, 0.2) is 0 Å². The van der Waals surface area contributed by atoms with Crippen molar-refractivity contribution in [3.63, 3.8) is 0 Å². The van der Waals surface area contributed by atoms with Gasteiger partial charge in [-0.2, -0.15) is 0 Å². The Morgan fingerprint density at radius 1 is 1.35 bits per heavy atom. The van der Waals surface area contributed by atoms with Gasteiger partial charge in [-0.25, -0.2) is 0 Å². The average molecular weight is 319 g/mol. The van der Waals surface area contributed by atoms with E-state index in [-0.39, 0.29) is 6.04 Å². The van der Waals surface area contributed by atoms with Crippen molar-refractivity contribution in [3.05, 3.63) is 20.8 Å². The van der Waals surface area contributed by atoms with Gasteiger partial charge >= 0.3 is 0 Å². The van der Waals surface area contributed by atoms with Crippen LogP contribution in [0.5, 0.6) is 0 Å². The molecule has 0 aliphatic heterocycles. The first kappa shape index (κ1) is 15.2. The maximum absolute atomic E-state index is 6.13. The number of likely N-dealkylation sites (N-methyl/N-ethyl adjacent to an activating group) is 1. The maximum Gasteiger partial charge on any atom is 0.0702 e. The second-order valence-electron chi connectivity index (χ2n) is 5.11. The van der Waals surface area contributed by atoms with Gasteiger partial charge in [-0.05, 0) is 60.9 Å². The molecule has 0 amide bonds. The van der Waals surface area contributed by atoms with Crippen LogP contribution in [0.1, 0.15) is 38.1 Å². The van der Waals surface area contributed by atoms with Crippen molar-refractivity contribution in [2.24, 2.45) is 11.7 Å². The van der Waals surface area contributed by atoms with E-state index in [4.69, 9.17) is 5.73 Å². The van der Waals surface area contributed by atoms with Crippen molar-refractivity contribution in [1.29, 1.82) is 0 Å². The Balaban J connectivity index is 2.72. The minimum atomic E-state index is 0.151. The number of rotatable bonds is 6. The van der Waals surface area contributed by atoms with E-state index in [0.717, 1.165) is 12.5 Å². The van der Waals surface area contributed by atoms with Gasteiger partial charge in [-0.15, -0.1) is 11.3 Å². The van der Waals surface area contributed by atoms with Gasteiger partial charge in [0.05, 0.1) is 9.83 Å². The predicted molar refractivity (Wildman–Crippen MR) is 80.5 cm³/mol. The van der Waals surface area contributed by atoms with Gasteiger partial charge in [-0.3, -0.25) is 4.90 Å². The van der Waals surface area contributed by atoms with Crippen LogP contribution in [0, 0.1) is 5.92 Å². The number of nitrogens with zero attached hydrogens (tertiary/aromatic N) is 1. The zero-order valence-corrected chi connectivity index (χ0v) is 13.5. The highest BCUT2D eigenvalue weighted by Gasteiger charge is 2.22. The molecule has 98 valence electrons. The fraction of sp³-hybridized carbons (Fsp3) is 0.692. The third kappa shape index (κ3) is 4.70. The molecule has 0 aliphatic rings. The molecule has 0 saturated heterocycles. The monoisotopic (exact) mass is 318 g/mol. The molecule has 17 heavy (non-hydrogen) atoms. The third-order valence-corrected chi connectivity index (χ3v) is 4.61. The fourth-order valence-electron chi connectivity index (χ4n) is 1.97. The summed E-state index contributed by atoms with van der Waals surface area (Å²) in [6.07, 6.45) is 1.21. The fourth-order valence-corrected chi connectivity index (χ4v) is 3.67. The molecule has 2 unspecified atom stereocenters. The molecule has 1 aromatic rings. The Kier molecular flexibility index (Phi) is 6.13. The quantitative estimate of drug-likeness (QED) is 0.862. The molecular weight excluding hydrogens is 296 g/mol. The highest BCUT2D eigenvalue weighted by atomic mass is 79.9. The molecule has 0 fully saturated rings. The van der Waals surface area contributed by atoms with E-state index in [0.29, 0.717) is 6.04 Å². The van der Waals surface area contributed by atoms with Gasteiger partial charge in [0.1, 0.15) is 0 Å². The van der Waals surface area contributed by atoms with Crippen molar-refractivity contribution in [3.8, 4) is 0 Å². The third-order valence-electron chi connectivity index (χ3n) is 2.92. The molecule has 0 aromatic carbocycles. The lowest BCUT2D eigenvalue weighted by Gasteiger charge is -2.30. The summed E-state index contributed by atoms with van der Waals surface area (Å²) in [4.78, 5) is 3.72. The lowest BCUT2D eigenvalue weighted by molar-refractivity contribution is 0.211. The zero-order chi connectivity index (χ0) is 13.0. The molecule has 1 heterocycles. The Hall–Kier alpha value is 0.1000. The molecule has 2 nitrogen and oxygen atoms in total. The maximum atomic E-state index is 6.13. The first-order valence-corrected chi connectivity index (χ1v) is 7.73. The van der Waals surface area contributed by atoms with Gasteiger partial charge < -0.3 is 5.73 Å². The molecule has 1 rings (SSSR count). The molecule has 2 N–H and O–H groups in total. The standard InChI is InChI=1S/C13H23BrN2S/c1-9(2)7-8-16(4)13(10(3)15)11-5-6-12(14)17-11/h5-6,9-10,13H,7-8,15H2,1-4H3. The summed E-state index contributed by atoms with van der Waals surface area (Å²) in [5, 5.41) is 0. The summed E-state index contributed by atoms with van der Waals surface area (Å²) < 4.78 is 1.18. The van der Waals surface area contributed by atoms with E-state index in [2.05, 4.69) is 60.8 Å². The summed E-state index contributed by atoms with van der Waals surface area (Å²) in [7, 11) is 2.17. The van der Waals surface area contributed by atoms with Crippen LogP contribution in [0.15, 0.2) is 15.9 Å². The largest absolute Gasteiger partial charge is 0.326 e. The topological polar surface area (TPSA) is 29.3 Å². The van der Waals surface area contributed by atoms with Crippen LogP contribution < -0.4 is 5.73 Å². The second-order valence-corrected chi connectivity index (χ2v) is 7.60. The molecule has 0 saturated carbocycles. The highest BCUT2D eigenvalue weighted by molar-refractivity contribution is 9.11. The lowest BCUT2D eigenvalue weighted by atomic mass is 10.1. The minimum absolute atomic E-state index is 0.151. The molecule has 0 radical (unpaired) electrons. The molecule has 0 aliphatic carbocycles. The van der Waals surface area contributed by atoms with Gasteiger partial charge in [0, 0.05) is 10.9 Å². The highest BCUT2D eigenvalue weighted by Crippen LogP contribution is 2.32. The Bertz CT molecular complexity index is 336. The second kappa shape index (κ2) is 6.88. The van der Waals surface area contributed by atoms with Gasteiger partial charge in [0.2, 0.25) is 0 Å². The van der Waals surface area contributed by atoms with Crippen LogP contribution in [0.25, 0.3) is 0 Å². The molecular formula is C13H23BrN2S. The van der Waals surface area contributed by atoms with Crippen LogP contribution in [0.4, 0.5) is 0 Å². The van der Waals surface area contributed by atoms with E-state index >= 15 is 0 Å². The van der Waals surface area contributed by atoms with E-state index in [9.17, 15) is 0 Å². The Morgan fingerprint density at radius 3 is 2.41 bits per heavy atom. The zero-order valence-electron chi connectivity index (χ0n) is 11.1. The van der Waals surface area contributed by atoms with Crippen molar-refractivity contribution < 1.29 is 0 Å². The molecule has 0 bridgehead atoms. The first-order chi connectivity index (χ1) is 7.91. The molecule has 0 spiro atoms. The van der Waals surface area contributed by atoms with Crippen LogP contribution in [0.3, 0.4) is 0 Å². The number of nitrogens with two attached hydrogens (primary N) is 1. The predicted octanol–water partition coefficient (Wildman–Crippen LogP) is 3.88. The first-order valence-electron chi connectivity index (χ1n) is 6.13. The van der Waals surface area contributed by atoms with Crippen LogP contribution >= 0.6 is 27.3 Å². The molecule has 1 aromatic heterocycles. The summed E-state index contributed by atoms with van der Waals surface area (Å²) in [5.41, 5.74) is 6.13. The summed E-state index contributed by atoms with van der Waals surface area (Å²) in [5.74, 6) is 0.737. The number of hydrogen-bond donors (Lipinski definition) is 1. The van der Waals surface area contributed by atoms with E-state index < -0.39 is 0 Å². The molecule has 2 atom stereocenters. The number of halogens is 1. The van der Waals surface area contributed by atoms with E-state index in [1.807, 2.05) is 0 Å². The van der Waals surface area contributed by atoms with E-state index in [1.54, 1.807) is 11.3 Å². The average Bonchev–Trinajstić information content (AvgIpc) is 2.61. The number of thiophene rings is 1. The Labute approximate surface area is 117 Å².